The summed E-state index contributed by atoms with van der Waals surface area (Å²) in [6.45, 7) is 8.02. The van der Waals surface area contributed by atoms with Crippen LogP contribution >= 0.6 is 0 Å². The minimum Gasteiger partial charge on any atom is -0.466 e. The van der Waals surface area contributed by atoms with Gasteiger partial charge in [0.2, 0.25) is 11.9 Å². The number of esters is 1. The summed E-state index contributed by atoms with van der Waals surface area (Å²) in [6, 6.07) is 5.93. The van der Waals surface area contributed by atoms with E-state index in [1.807, 2.05) is 32.9 Å². The van der Waals surface area contributed by atoms with Crippen molar-refractivity contribution in [3.63, 3.8) is 0 Å². The van der Waals surface area contributed by atoms with Gasteiger partial charge >= 0.3 is 5.97 Å². The number of nitrogens with zero attached hydrogens (tertiary/aromatic N) is 2. The Bertz CT molecular complexity index is 886. The van der Waals surface area contributed by atoms with E-state index in [2.05, 4.69) is 32.0 Å². The van der Waals surface area contributed by atoms with Gasteiger partial charge in [-0.3, -0.25) is 14.9 Å². The summed E-state index contributed by atoms with van der Waals surface area (Å²) in [5, 5.41) is 10.3. The largest absolute Gasteiger partial charge is 0.466 e. The average Bonchev–Trinajstić information content (AvgIpc) is 2.62. The van der Waals surface area contributed by atoms with E-state index in [1.54, 1.807) is 6.92 Å². The highest BCUT2D eigenvalue weighted by atomic mass is 16.5. The quantitative estimate of drug-likeness (QED) is 0.653. The molecule has 8 heteroatoms. The summed E-state index contributed by atoms with van der Waals surface area (Å²) in [4.78, 5) is 33.1. The first-order valence-electron chi connectivity index (χ1n) is 9.61. The summed E-state index contributed by atoms with van der Waals surface area (Å²) in [7, 11) is 0. The molecule has 28 heavy (non-hydrogen) atoms. The van der Waals surface area contributed by atoms with Crippen LogP contribution in [-0.4, -0.2) is 40.8 Å². The molecule has 0 radical (unpaired) electrons. The molecule has 1 amide bonds. The van der Waals surface area contributed by atoms with E-state index >= 15 is 0 Å². The minimum absolute atomic E-state index is 0.107. The van der Waals surface area contributed by atoms with Crippen molar-refractivity contribution in [2.75, 3.05) is 11.9 Å². The maximum atomic E-state index is 12.5. The summed E-state index contributed by atoms with van der Waals surface area (Å²) in [6.07, 6.45) is 0.183. The van der Waals surface area contributed by atoms with Gasteiger partial charge in [0.1, 0.15) is 0 Å². The lowest BCUT2D eigenvalue weighted by atomic mass is 9.93. The van der Waals surface area contributed by atoms with Crippen LogP contribution in [0.5, 0.6) is 0 Å². The van der Waals surface area contributed by atoms with Crippen molar-refractivity contribution in [3.05, 3.63) is 29.5 Å². The molecule has 1 aromatic heterocycles. The van der Waals surface area contributed by atoms with E-state index in [0.29, 0.717) is 19.0 Å². The standard InChI is InChI=1S/C20H27N5O3/c1-5-28-17(26)9-7-14-12(3)21-20(24-18(14)27)25-19-22-13(4)15-10-11(2)6-8-16(15)23-19/h6,8,10,12,14,20-21H,5,7,9H2,1-4H3,(H,24,27)(H,22,23,25). The second-order valence-corrected chi connectivity index (χ2v) is 7.14. The van der Waals surface area contributed by atoms with Gasteiger partial charge < -0.3 is 15.4 Å². The van der Waals surface area contributed by atoms with Crippen LogP contribution in [-0.2, 0) is 14.3 Å². The summed E-state index contributed by atoms with van der Waals surface area (Å²) in [5.41, 5.74) is 2.88. The Morgan fingerprint density at radius 3 is 2.79 bits per heavy atom. The zero-order chi connectivity index (χ0) is 20.3. The zero-order valence-corrected chi connectivity index (χ0v) is 16.7. The maximum Gasteiger partial charge on any atom is 0.305 e. The van der Waals surface area contributed by atoms with Crippen LogP contribution in [0.25, 0.3) is 10.9 Å². The van der Waals surface area contributed by atoms with E-state index in [9.17, 15) is 9.59 Å². The third-order valence-corrected chi connectivity index (χ3v) is 4.94. The molecule has 2 heterocycles. The van der Waals surface area contributed by atoms with Gasteiger partial charge in [-0.15, -0.1) is 0 Å². The molecule has 0 saturated carbocycles. The molecule has 0 bridgehead atoms. The Balaban J connectivity index is 1.65. The number of hydrogen-bond donors (Lipinski definition) is 3. The number of ether oxygens (including phenoxy) is 1. The van der Waals surface area contributed by atoms with Crippen LogP contribution in [0.2, 0.25) is 0 Å². The molecule has 1 aliphatic rings. The fourth-order valence-electron chi connectivity index (χ4n) is 3.45. The lowest BCUT2D eigenvalue weighted by molar-refractivity contribution is -0.143. The predicted molar refractivity (Wildman–Crippen MR) is 107 cm³/mol. The smallest absolute Gasteiger partial charge is 0.305 e. The zero-order valence-electron chi connectivity index (χ0n) is 16.7. The molecule has 0 aliphatic carbocycles. The normalized spacial score (nSPS) is 22.0. The average molecular weight is 385 g/mol. The van der Waals surface area contributed by atoms with Crippen molar-refractivity contribution in [2.24, 2.45) is 5.92 Å². The second kappa shape index (κ2) is 8.52. The number of carbonyl (C=O) groups is 2. The van der Waals surface area contributed by atoms with Gasteiger partial charge in [0.05, 0.1) is 23.7 Å². The summed E-state index contributed by atoms with van der Waals surface area (Å²) in [5.74, 6) is -0.243. The molecule has 1 fully saturated rings. The van der Waals surface area contributed by atoms with Crippen LogP contribution in [0, 0.1) is 19.8 Å². The Hall–Kier alpha value is -2.74. The number of fused-ring (bicyclic) bond motifs is 1. The van der Waals surface area contributed by atoms with Crippen LogP contribution in [0.15, 0.2) is 18.2 Å². The fourth-order valence-corrected chi connectivity index (χ4v) is 3.45. The van der Waals surface area contributed by atoms with Crippen LogP contribution in [0.1, 0.15) is 37.9 Å². The number of nitrogens with one attached hydrogen (secondary N) is 3. The first-order valence-corrected chi connectivity index (χ1v) is 9.61. The number of aryl methyl sites for hydroxylation is 2. The molecule has 1 aromatic carbocycles. The molecular weight excluding hydrogens is 358 g/mol. The lowest BCUT2D eigenvalue weighted by Crippen LogP contribution is -2.63. The van der Waals surface area contributed by atoms with Gasteiger partial charge in [-0.05, 0) is 46.2 Å². The first kappa shape index (κ1) is 20.0. The summed E-state index contributed by atoms with van der Waals surface area (Å²) >= 11 is 0. The predicted octanol–water partition coefficient (Wildman–Crippen LogP) is 2.01. The van der Waals surface area contributed by atoms with Crippen molar-refractivity contribution < 1.29 is 14.3 Å². The van der Waals surface area contributed by atoms with Crippen LogP contribution < -0.4 is 16.0 Å². The second-order valence-electron chi connectivity index (χ2n) is 7.14. The van der Waals surface area contributed by atoms with Gasteiger partial charge in [-0.2, -0.15) is 0 Å². The highest BCUT2D eigenvalue weighted by molar-refractivity contribution is 5.83. The topological polar surface area (TPSA) is 105 Å². The molecule has 8 nitrogen and oxygen atoms in total. The minimum atomic E-state index is -0.483. The van der Waals surface area contributed by atoms with Crippen LogP contribution in [0.3, 0.4) is 0 Å². The van der Waals surface area contributed by atoms with Gasteiger partial charge in [-0.25, -0.2) is 9.97 Å². The van der Waals surface area contributed by atoms with Gasteiger partial charge in [-0.1, -0.05) is 11.6 Å². The van der Waals surface area contributed by atoms with Crippen LogP contribution in [0.4, 0.5) is 5.95 Å². The van der Waals surface area contributed by atoms with Gasteiger partial charge in [0.15, 0.2) is 6.29 Å². The molecule has 0 spiro atoms. The molecule has 2 aromatic rings. The molecular formula is C20H27N5O3. The fraction of sp³-hybridized carbons (Fsp3) is 0.500. The Kier molecular flexibility index (Phi) is 6.08. The van der Waals surface area contributed by atoms with Crippen molar-refractivity contribution in [3.8, 4) is 0 Å². The lowest BCUT2D eigenvalue weighted by Gasteiger charge is -2.35. The Morgan fingerprint density at radius 2 is 2.07 bits per heavy atom. The number of hydrogen-bond acceptors (Lipinski definition) is 7. The summed E-state index contributed by atoms with van der Waals surface area (Å²) < 4.78 is 4.94. The highest BCUT2D eigenvalue weighted by Crippen LogP contribution is 2.20. The number of amides is 1. The molecule has 1 saturated heterocycles. The van der Waals surface area contributed by atoms with Gasteiger partial charge in [0.25, 0.3) is 0 Å². The highest BCUT2D eigenvalue weighted by Gasteiger charge is 2.33. The molecule has 3 N–H and O–H groups in total. The van der Waals surface area contributed by atoms with E-state index in [-0.39, 0.29) is 30.3 Å². The third kappa shape index (κ3) is 4.56. The number of carbonyl (C=O) groups excluding carboxylic acids is 2. The van der Waals surface area contributed by atoms with Crippen molar-refractivity contribution in [2.45, 2.75) is 52.9 Å². The Morgan fingerprint density at radius 1 is 1.29 bits per heavy atom. The first-order chi connectivity index (χ1) is 13.4. The van der Waals surface area contributed by atoms with E-state index in [1.165, 1.54) is 0 Å². The van der Waals surface area contributed by atoms with E-state index in [4.69, 9.17) is 4.74 Å². The molecule has 1 aliphatic heterocycles. The molecule has 3 atom stereocenters. The maximum absolute atomic E-state index is 12.5. The SMILES string of the molecule is CCOC(=O)CCC1C(=O)NC(Nc2nc(C)c3cc(C)ccc3n2)NC1C. The Labute approximate surface area is 164 Å². The molecule has 3 rings (SSSR count). The van der Waals surface area contributed by atoms with Gasteiger partial charge in [0, 0.05) is 17.8 Å². The van der Waals surface area contributed by atoms with Crippen molar-refractivity contribution in [1.29, 1.82) is 0 Å². The number of rotatable bonds is 6. The van der Waals surface area contributed by atoms with Crippen molar-refractivity contribution >= 4 is 28.7 Å². The molecule has 3 unspecified atom stereocenters. The number of anilines is 1. The van der Waals surface area contributed by atoms with E-state index < -0.39 is 6.29 Å². The monoisotopic (exact) mass is 385 g/mol. The van der Waals surface area contributed by atoms with Crippen molar-refractivity contribution in [1.82, 2.24) is 20.6 Å². The number of aromatic nitrogens is 2. The number of benzene rings is 1. The third-order valence-electron chi connectivity index (χ3n) is 4.94. The van der Waals surface area contributed by atoms with E-state index in [0.717, 1.165) is 22.2 Å². The molecule has 150 valence electrons.